The normalized spacial score (nSPS) is 12.2. The first kappa shape index (κ1) is 24.1. The van der Waals surface area contributed by atoms with E-state index in [0.717, 1.165) is 36.5 Å². The van der Waals surface area contributed by atoms with Crippen molar-refractivity contribution in [3.63, 3.8) is 0 Å². The highest BCUT2D eigenvalue weighted by molar-refractivity contribution is 9.09. The molecule has 0 aromatic heterocycles. The first-order chi connectivity index (χ1) is 14.3. The average Bonchev–Trinajstić information content (AvgIpc) is 2.75. The molecule has 0 saturated carbocycles. The van der Waals surface area contributed by atoms with E-state index in [4.69, 9.17) is 9.47 Å². The SMILES string of the molecule is CCCCC(CC)COc1ccc2cc(OCCCCCCCCBr)ccc2c1. The van der Waals surface area contributed by atoms with Crippen LogP contribution in [0, 0.1) is 5.92 Å². The molecule has 0 heterocycles. The zero-order valence-electron chi connectivity index (χ0n) is 18.4. The van der Waals surface area contributed by atoms with Crippen molar-refractivity contribution in [1.29, 1.82) is 0 Å². The predicted octanol–water partition coefficient (Wildman–Crippen LogP) is 8.55. The summed E-state index contributed by atoms with van der Waals surface area (Å²) in [5.74, 6) is 2.60. The van der Waals surface area contributed by atoms with Gasteiger partial charge in [0.05, 0.1) is 13.2 Å². The number of halogens is 1. The molecule has 1 atom stereocenters. The third-order valence-electron chi connectivity index (χ3n) is 5.61. The summed E-state index contributed by atoms with van der Waals surface area (Å²) in [5.41, 5.74) is 0. The largest absolute Gasteiger partial charge is 0.494 e. The molecule has 0 N–H and O–H groups in total. The monoisotopic (exact) mass is 462 g/mol. The van der Waals surface area contributed by atoms with Gasteiger partial charge < -0.3 is 9.47 Å². The lowest BCUT2D eigenvalue weighted by atomic mass is 10.0. The number of hydrogen-bond donors (Lipinski definition) is 0. The van der Waals surface area contributed by atoms with Gasteiger partial charge >= 0.3 is 0 Å². The summed E-state index contributed by atoms with van der Waals surface area (Å²) in [6.07, 6.45) is 12.7. The van der Waals surface area contributed by atoms with E-state index >= 15 is 0 Å². The Morgan fingerprint density at radius 1 is 0.759 bits per heavy atom. The van der Waals surface area contributed by atoms with Crippen molar-refractivity contribution >= 4 is 26.7 Å². The number of ether oxygens (including phenoxy) is 2. The molecule has 3 heteroatoms. The maximum absolute atomic E-state index is 6.09. The molecule has 29 heavy (non-hydrogen) atoms. The predicted molar refractivity (Wildman–Crippen MR) is 130 cm³/mol. The molecule has 2 nitrogen and oxygen atoms in total. The molecule has 162 valence electrons. The fourth-order valence-corrected chi connectivity index (χ4v) is 3.98. The van der Waals surface area contributed by atoms with Crippen LogP contribution in [0.2, 0.25) is 0 Å². The Morgan fingerprint density at radius 3 is 2.00 bits per heavy atom. The van der Waals surface area contributed by atoms with Gasteiger partial charge in [-0.2, -0.15) is 0 Å². The summed E-state index contributed by atoms with van der Waals surface area (Å²) in [5, 5.41) is 3.55. The van der Waals surface area contributed by atoms with Crippen molar-refractivity contribution in [1.82, 2.24) is 0 Å². The van der Waals surface area contributed by atoms with Crippen LogP contribution in [0.1, 0.15) is 78.1 Å². The smallest absolute Gasteiger partial charge is 0.119 e. The minimum absolute atomic E-state index is 0.658. The number of hydrogen-bond acceptors (Lipinski definition) is 2. The molecule has 0 saturated heterocycles. The molecule has 0 spiro atoms. The van der Waals surface area contributed by atoms with E-state index in [1.807, 2.05) is 0 Å². The standard InChI is InChI=1S/C26H39BrO2/c1-3-5-12-22(4-2)21-29-26-16-14-23-19-25(15-13-24(23)20-26)28-18-11-9-7-6-8-10-17-27/h13-16,19-20,22H,3-12,17-18,21H2,1-2H3. The molecule has 0 aliphatic carbocycles. The van der Waals surface area contributed by atoms with Gasteiger partial charge in [0, 0.05) is 5.33 Å². The van der Waals surface area contributed by atoms with Crippen LogP contribution in [0.5, 0.6) is 11.5 Å². The molecule has 0 aliphatic heterocycles. The Balaban J connectivity index is 1.76. The van der Waals surface area contributed by atoms with Crippen LogP contribution in [0.3, 0.4) is 0 Å². The molecule has 2 aromatic carbocycles. The lowest BCUT2D eigenvalue weighted by Gasteiger charge is -2.16. The van der Waals surface area contributed by atoms with E-state index in [9.17, 15) is 0 Å². The second kappa shape index (κ2) is 14.7. The van der Waals surface area contributed by atoms with E-state index in [1.54, 1.807) is 0 Å². The summed E-state index contributed by atoms with van der Waals surface area (Å²) in [6.45, 7) is 6.14. The van der Waals surface area contributed by atoms with Crippen molar-refractivity contribution in [2.24, 2.45) is 5.92 Å². The summed E-state index contributed by atoms with van der Waals surface area (Å²) in [6, 6.07) is 12.8. The number of fused-ring (bicyclic) bond motifs is 1. The van der Waals surface area contributed by atoms with Crippen molar-refractivity contribution in [2.45, 2.75) is 78.1 Å². The third-order valence-corrected chi connectivity index (χ3v) is 6.17. The topological polar surface area (TPSA) is 18.5 Å². The van der Waals surface area contributed by atoms with Crippen molar-refractivity contribution < 1.29 is 9.47 Å². The Kier molecular flexibility index (Phi) is 12.2. The van der Waals surface area contributed by atoms with Crippen LogP contribution in [-0.2, 0) is 0 Å². The van der Waals surface area contributed by atoms with Gasteiger partial charge in [0.1, 0.15) is 11.5 Å². The molecule has 1 unspecified atom stereocenters. The molecule has 0 fully saturated rings. The van der Waals surface area contributed by atoms with Gasteiger partial charge in [0.15, 0.2) is 0 Å². The summed E-state index contributed by atoms with van der Waals surface area (Å²) < 4.78 is 12.1. The van der Waals surface area contributed by atoms with Crippen molar-refractivity contribution in [2.75, 3.05) is 18.5 Å². The quantitative estimate of drug-likeness (QED) is 0.183. The van der Waals surface area contributed by atoms with Crippen LogP contribution < -0.4 is 9.47 Å². The molecule has 0 aliphatic rings. The van der Waals surface area contributed by atoms with Gasteiger partial charge in [-0.15, -0.1) is 0 Å². The average molecular weight is 464 g/mol. The number of alkyl halides is 1. The molecule has 0 amide bonds. The Hall–Kier alpha value is -1.22. The van der Waals surface area contributed by atoms with Crippen molar-refractivity contribution in [3.8, 4) is 11.5 Å². The zero-order chi connectivity index (χ0) is 20.7. The fraction of sp³-hybridized carbons (Fsp3) is 0.615. The first-order valence-corrected chi connectivity index (χ1v) is 12.7. The maximum Gasteiger partial charge on any atom is 0.119 e. The number of unbranched alkanes of at least 4 members (excludes halogenated alkanes) is 6. The van der Waals surface area contributed by atoms with E-state index < -0.39 is 0 Å². The lowest BCUT2D eigenvalue weighted by molar-refractivity contribution is 0.233. The summed E-state index contributed by atoms with van der Waals surface area (Å²) in [7, 11) is 0. The number of benzene rings is 2. The van der Waals surface area contributed by atoms with Gasteiger partial charge in [0.25, 0.3) is 0 Å². The Labute approximate surface area is 186 Å². The van der Waals surface area contributed by atoms with Gasteiger partial charge in [0.2, 0.25) is 0 Å². The van der Waals surface area contributed by atoms with Gasteiger partial charge in [-0.3, -0.25) is 0 Å². The van der Waals surface area contributed by atoms with E-state index in [-0.39, 0.29) is 0 Å². The fourth-order valence-electron chi connectivity index (χ4n) is 3.59. The highest BCUT2D eigenvalue weighted by Gasteiger charge is 2.07. The van der Waals surface area contributed by atoms with E-state index in [2.05, 4.69) is 66.2 Å². The van der Waals surface area contributed by atoms with Gasteiger partial charge in [-0.1, -0.05) is 86.9 Å². The third kappa shape index (κ3) is 9.42. The van der Waals surface area contributed by atoms with Crippen LogP contribution in [-0.4, -0.2) is 18.5 Å². The minimum atomic E-state index is 0.658. The highest BCUT2D eigenvalue weighted by Crippen LogP contribution is 2.26. The molecular formula is C26H39BrO2. The molecule has 2 rings (SSSR count). The Bertz CT molecular complexity index is 685. The lowest BCUT2D eigenvalue weighted by Crippen LogP contribution is -2.11. The van der Waals surface area contributed by atoms with Crippen LogP contribution >= 0.6 is 15.9 Å². The maximum atomic E-state index is 6.09. The van der Waals surface area contributed by atoms with E-state index in [1.165, 1.54) is 68.6 Å². The minimum Gasteiger partial charge on any atom is -0.494 e. The zero-order valence-corrected chi connectivity index (χ0v) is 20.0. The first-order valence-electron chi connectivity index (χ1n) is 11.6. The molecule has 0 radical (unpaired) electrons. The summed E-state index contributed by atoms with van der Waals surface area (Å²) in [4.78, 5) is 0. The van der Waals surface area contributed by atoms with Crippen LogP contribution in [0.4, 0.5) is 0 Å². The second-order valence-corrected chi connectivity index (χ2v) is 8.85. The second-order valence-electron chi connectivity index (χ2n) is 8.06. The highest BCUT2D eigenvalue weighted by atomic mass is 79.9. The molecule has 2 aromatic rings. The number of rotatable bonds is 16. The Morgan fingerprint density at radius 2 is 1.38 bits per heavy atom. The van der Waals surface area contributed by atoms with Gasteiger partial charge in [-0.05, 0) is 60.2 Å². The van der Waals surface area contributed by atoms with Crippen molar-refractivity contribution in [3.05, 3.63) is 36.4 Å². The molecule has 0 bridgehead atoms. The van der Waals surface area contributed by atoms with Crippen LogP contribution in [0.25, 0.3) is 10.8 Å². The van der Waals surface area contributed by atoms with Gasteiger partial charge in [-0.25, -0.2) is 0 Å². The molecular weight excluding hydrogens is 424 g/mol. The van der Waals surface area contributed by atoms with Crippen LogP contribution in [0.15, 0.2) is 36.4 Å². The van der Waals surface area contributed by atoms with E-state index in [0.29, 0.717) is 5.92 Å². The summed E-state index contributed by atoms with van der Waals surface area (Å²) >= 11 is 3.49.